The smallest absolute Gasteiger partial charge is 0.303 e. The predicted molar refractivity (Wildman–Crippen MR) is 110 cm³/mol. The number of rotatable bonds is 12. The van der Waals surface area contributed by atoms with E-state index in [1.807, 2.05) is 18.2 Å². The van der Waals surface area contributed by atoms with Crippen LogP contribution in [0.15, 0.2) is 30.3 Å². The molecule has 1 aromatic carbocycles. The summed E-state index contributed by atoms with van der Waals surface area (Å²) in [5.74, 6) is 0.672. The second-order valence-corrected chi connectivity index (χ2v) is 8.81. The van der Waals surface area contributed by atoms with Gasteiger partial charge in [-0.05, 0) is 55.9 Å². The summed E-state index contributed by atoms with van der Waals surface area (Å²) >= 11 is 0. The number of carboxylic acids is 1. The van der Waals surface area contributed by atoms with Gasteiger partial charge in [-0.15, -0.1) is 0 Å². The molecule has 4 heteroatoms. The van der Waals surface area contributed by atoms with Gasteiger partial charge in [0.15, 0.2) is 0 Å². The normalized spacial score (nSPS) is 28.4. The van der Waals surface area contributed by atoms with Crippen molar-refractivity contribution < 1.29 is 19.7 Å². The van der Waals surface area contributed by atoms with Crippen LogP contribution in [0.3, 0.4) is 0 Å². The number of benzene rings is 1. The van der Waals surface area contributed by atoms with Gasteiger partial charge in [0.05, 0.1) is 18.3 Å². The topological polar surface area (TPSA) is 66.8 Å². The van der Waals surface area contributed by atoms with Crippen LogP contribution in [0.25, 0.3) is 0 Å². The molecule has 0 aromatic heterocycles. The van der Waals surface area contributed by atoms with E-state index >= 15 is 0 Å². The molecule has 0 saturated carbocycles. The highest BCUT2D eigenvalue weighted by molar-refractivity contribution is 5.66. The third-order valence-corrected chi connectivity index (χ3v) is 6.97. The lowest BCUT2D eigenvalue weighted by atomic mass is 9.74. The van der Waals surface area contributed by atoms with E-state index < -0.39 is 5.97 Å². The number of carboxylic acid groups (broad SMARTS) is 1. The first-order chi connectivity index (χ1) is 13.6. The minimum absolute atomic E-state index is 0.161. The highest BCUT2D eigenvalue weighted by Crippen LogP contribution is 2.48. The molecule has 28 heavy (non-hydrogen) atoms. The first-order valence-electron chi connectivity index (χ1n) is 11.2. The molecule has 0 amide bonds. The lowest BCUT2D eigenvalue weighted by molar-refractivity contribution is -0.137. The average molecular weight is 389 g/mol. The quantitative estimate of drug-likeness (QED) is 0.486. The third-order valence-electron chi connectivity index (χ3n) is 6.97. The molecule has 2 heterocycles. The van der Waals surface area contributed by atoms with Gasteiger partial charge in [0.25, 0.3) is 0 Å². The van der Waals surface area contributed by atoms with Gasteiger partial charge in [-0.25, -0.2) is 0 Å². The Hall–Kier alpha value is -1.39. The number of ether oxygens (including phenoxy) is 1. The molecule has 2 N–H and O–H groups in total. The van der Waals surface area contributed by atoms with Gasteiger partial charge >= 0.3 is 5.97 Å². The number of aliphatic hydroxyl groups is 1. The molecular weight excluding hydrogens is 352 g/mol. The predicted octanol–water partition coefficient (Wildman–Crippen LogP) is 5.15. The zero-order chi connectivity index (χ0) is 19.9. The Morgan fingerprint density at radius 3 is 2.36 bits per heavy atom. The SMILES string of the molecule is CC(c1ccccc1)C(O)CC[C@H]1[C@@H](CCCCCCC(=O)O)[C@@H]2CC[C@@H]1O2. The lowest BCUT2D eigenvalue weighted by Gasteiger charge is -2.29. The minimum Gasteiger partial charge on any atom is -0.481 e. The summed E-state index contributed by atoms with van der Waals surface area (Å²) in [6, 6.07) is 10.3. The molecule has 4 nitrogen and oxygen atoms in total. The Balaban J connectivity index is 1.43. The number of aliphatic carboxylic acids is 1. The van der Waals surface area contributed by atoms with Crippen molar-refractivity contribution in [1.29, 1.82) is 0 Å². The molecule has 0 radical (unpaired) electrons. The maximum absolute atomic E-state index is 10.7. The van der Waals surface area contributed by atoms with Crippen molar-refractivity contribution in [3.8, 4) is 0 Å². The van der Waals surface area contributed by atoms with E-state index in [4.69, 9.17) is 9.84 Å². The monoisotopic (exact) mass is 388 g/mol. The number of hydrogen-bond acceptors (Lipinski definition) is 3. The Bertz CT molecular complexity index is 602. The second kappa shape index (κ2) is 10.4. The van der Waals surface area contributed by atoms with Gasteiger partial charge < -0.3 is 14.9 Å². The molecular formula is C24H36O4. The molecule has 2 aliphatic heterocycles. The van der Waals surface area contributed by atoms with Gasteiger partial charge in [0.2, 0.25) is 0 Å². The number of hydrogen-bond donors (Lipinski definition) is 2. The van der Waals surface area contributed by atoms with Gasteiger partial charge in [-0.1, -0.05) is 56.5 Å². The van der Waals surface area contributed by atoms with Crippen LogP contribution in [0, 0.1) is 11.8 Å². The average Bonchev–Trinajstić information content (AvgIpc) is 3.30. The standard InChI is InChI=1S/C24H36O4/c1-17(18-9-5-4-6-10-18)21(25)14-13-20-19(22-15-16-23(20)28-22)11-7-2-3-8-12-24(26)27/h4-6,9-10,17,19-23,25H,2-3,7-8,11-16H2,1H3,(H,26,27)/t17?,19-,20+,21?,22+,23+/m1/s1. The first kappa shape index (κ1) is 21.3. The van der Waals surface area contributed by atoms with Gasteiger partial charge in [0.1, 0.15) is 0 Å². The van der Waals surface area contributed by atoms with Crippen molar-refractivity contribution in [2.24, 2.45) is 11.8 Å². The van der Waals surface area contributed by atoms with E-state index in [-0.39, 0.29) is 18.4 Å². The van der Waals surface area contributed by atoms with Crippen LogP contribution in [-0.4, -0.2) is 34.5 Å². The first-order valence-corrected chi connectivity index (χ1v) is 11.2. The maximum Gasteiger partial charge on any atom is 0.303 e. The highest BCUT2D eigenvalue weighted by atomic mass is 16.5. The fourth-order valence-electron chi connectivity index (χ4n) is 5.27. The van der Waals surface area contributed by atoms with Crippen LogP contribution in [0.5, 0.6) is 0 Å². The lowest BCUT2D eigenvalue weighted by Crippen LogP contribution is -2.29. The molecule has 2 saturated heterocycles. The molecule has 3 rings (SSSR count). The van der Waals surface area contributed by atoms with Crippen LogP contribution in [-0.2, 0) is 9.53 Å². The molecule has 2 aliphatic rings. The van der Waals surface area contributed by atoms with Crippen LogP contribution in [0.2, 0.25) is 0 Å². The maximum atomic E-state index is 10.7. The number of aliphatic hydroxyl groups excluding tert-OH is 1. The molecule has 6 atom stereocenters. The summed E-state index contributed by atoms with van der Waals surface area (Å²) < 4.78 is 6.23. The number of fused-ring (bicyclic) bond motifs is 2. The summed E-state index contributed by atoms with van der Waals surface area (Å²) in [5, 5.41) is 19.4. The summed E-state index contributed by atoms with van der Waals surface area (Å²) in [6.45, 7) is 2.12. The molecule has 1 aromatic rings. The Morgan fingerprint density at radius 1 is 1.04 bits per heavy atom. The van der Waals surface area contributed by atoms with Crippen LogP contribution < -0.4 is 0 Å². The zero-order valence-corrected chi connectivity index (χ0v) is 17.1. The number of carbonyl (C=O) groups is 1. The van der Waals surface area contributed by atoms with Crippen molar-refractivity contribution in [1.82, 2.24) is 0 Å². The summed E-state index contributed by atoms with van der Waals surface area (Å²) in [4.78, 5) is 10.6. The number of unbranched alkanes of at least 4 members (excludes halogenated alkanes) is 3. The van der Waals surface area contributed by atoms with Gasteiger partial charge in [0, 0.05) is 12.3 Å². The Morgan fingerprint density at radius 2 is 1.68 bits per heavy atom. The van der Waals surface area contributed by atoms with E-state index in [1.165, 1.54) is 24.8 Å². The minimum atomic E-state index is -0.690. The molecule has 0 aliphatic carbocycles. The van der Waals surface area contributed by atoms with Crippen molar-refractivity contribution in [3.63, 3.8) is 0 Å². The van der Waals surface area contributed by atoms with Gasteiger partial charge in [-0.2, -0.15) is 0 Å². The second-order valence-electron chi connectivity index (χ2n) is 8.81. The van der Waals surface area contributed by atoms with Crippen molar-refractivity contribution in [2.45, 2.75) is 95.4 Å². The molecule has 2 bridgehead atoms. The largest absolute Gasteiger partial charge is 0.481 e. The summed E-state index contributed by atoms with van der Waals surface area (Å²) in [6.07, 6.45) is 10.3. The molecule has 2 unspecified atom stereocenters. The van der Waals surface area contributed by atoms with E-state index in [1.54, 1.807) is 0 Å². The molecule has 156 valence electrons. The van der Waals surface area contributed by atoms with Crippen molar-refractivity contribution in [3.05, 3.63) is 35.9 Å². The van der Waals surface area contributed by atoms with E-state index in [0.29, 0.717) is 24.0 Å². The molecule has 2 fully saturated rings. The van der Waals surface area contributed by atoms with Crippen LogP contribution in [0.1, 0.15) is 82.6 Å². The summed E-state index contributed by atoms with van der Waals surface area (Å²) in [7, 11) is 0. The Kier molecular flexibility index (Phi) is 7.92. The fraction of sp³-hybridized carbons (Fsp3) is 0.708. The Labute approximate surface area is 169 Å². The van der Waals surface area contributed by atoms with Crippen LogP contribution in [0.4, 0.5) is 0 Å². The van der Waals surface area contributed by atoms with E-state index in [2.05, 4.69) is 19.1 Å². The fourth-order valence-corrected chi connectivity index (χ4v) is 5.27. The van der Waals surface area contributed by atoms with E-state index in [0.717, 1.165) is 38.5 Å². The van der Waals surface area contributed by atoms with Crippen molar-refractivity contribution in [2.75, 3.05) is 0 Å². The van der Waals surface area contributed by atoms with Gasteiger partial charge in [-0.3, -0.25) is 4.79 Å². The van der Waals surface area contributed by atoms with Crippen molar-refractivity contribution >= 4 is 5.97 Å². The van der Waals surface area contributed by atoms with E-state index in [9.17, 15) is 9.90 Å². The zero-order valence-electron chi connectivity index (χ0n) is 17.1. The highest BCUT2D eigenvalue weighted by Gasteiger charge is 2.47. The third kappa shape index (κ3) is 5.57. The summed E-state index contributed by atoms with van der Waals surface area (Å²) in [5.41, 5.74) is 1.21. The molecule has 0 spiro atoms. The van der Waals surface area contributed by atoms with Crippen LogP contribution >= 0.6 is 0 Å².